The molecule has 2 heterocycles. The number of amides is 17. The lowest BCUT2D eigenvalue weighted by Gasteiger charge is -2.35. The molecule has 1 aromatic heterocycles. The van der Waals surface area contributed by atoms with Crippen LogP contribution in [0.4, 0.5) is 0 Å². The number of hydrogen-bond acceptors (Lipinski definition) is 23. The molecule has 15 atom stereocenters. The Bertz CT molecular complexity index is 5440. The monoisotopic (exact) mass is 1990 g/mol. The molecule has 0 spiro atoms. The minimum atomic E-state index is -2.14. The van der Waals surface area contributed by atoms with Crippen LogP contribution in [-0.4, -0.2) is 284 Å². The normalized spacial score (nSPS) is 22.7. The molecule has 1 aliphatic heterocycles. The topological polar surface area (TPSA) is 722 Å². The molecule has 768 valence electrons. The molecule has 6 aromatic rings. The zero-order valence-corrected chi connectivity index (χ0v) is 81.6. The van der Waals surface area contributed by atoms with Crippen LogP contribution >= 0.6 is 11.8 Å². The Morgan fingerprint density at radius 3 is 1.43 bits per heavy atom. The highest BCUT2D eigenvalue weighted by Crippen LogP contribution is 2.25. The second-order valence-electron chi connectivity index (χ2n) is 35.8. The predicted molar refractivity (Wildman–Crippen MR) is 526 cm³/mol. The molecule has 17 amide bonds. The number of carboxylic acids is 1. The van der Waals surface area contributed by atoms with E-state index in [1.54, 1.807) is 107 Å². The van der Waals surface area contributed by atoms with Crippen LogP contribution < -0.4 is 103 Å². The second kappa shape index (κ2) is 55.5. The van der Waals surface area contributed by atoms with Crippen molar-refractivity contribution >= 4 is 141 Å². The Hall–Kier alpha value is -15.2. The number of aliphatic hydroxyl groups is 1. The van der Waals surface area contributed by atoms with Gasteiger partial charge in [0.1, 0.15) is 96.4 Å². The third kappa shape index (κ3) is 35.9. The van der Waals surface area contributed by atoms with Gasteiger partial charge in [0.2, 0.25) is 100 Å². The Morgan fingerprint density at radius 1 is 0.465 bits per heavy atom. The van der Waals surface area contributed by atoms with Gasteiger partial charge in [0.05, 0.1) is 25.2 Å². The molecule has 5 aromatic carbocycles. The summed E-state index contributed by atoms with van der Waals surface area (Å²) in [7, 11) is 2.56. The number of para-hydroxylation sites is 1. The summed E-state index contributed by atoms with van der Waals surface area (Å²) >= 11 is 0.603. The number of phenolic OH excluding ortho intramolecular Hbond substituents is 1. The molecular formula is C96H132N24O21S. The highest BCUT2D eigenvalue weighted by atomic mass is 32.2. The van der Waals surface area contributed by atoms with Crippen LogP contribution in [0.15, 0.2) is 140 Å². The van der Waals surface area contributed by atoms with Crippen LogP contribution in [0.2, 0.25) is 0 Å². The van der Waals surface area contributed by atoms with Gasteiger partial charge in [-0.2, -0.15) is 0 Å². The number of benzene rings is 5. The Kier molecular flexibility index (Phi) is 44.5. The van der Waals surface area contributed by atoms with Crippen molar-refractivity contribution in [3.8, 4) is 16.9 Å². The van der Waals surface area contributed by atoms with Crippen molar-refractivity contribution in [2.45, 2.75) is 217 Å². The summed E-state index contributed by atoms with van der Waals surface area (Å²) in [4.78, 5) is 268. The number of rotatable bonds is 29. The van der Waals surface area contributed by atoms with E-state index in [0.29, 0.717) is 39.4 Å². The number of carboxylic acid groups (broad SMARTS) is 1. The van der Waals surface area contributed by atoms with Gasteiger partial charge in [0.25, 0.3) is 0 Å². The van der Waals surface area contributed by atoms with Gasteiger partial charge in [0, 0.05) is 75.7 Å². The maximum absolute atomic E-state index is 15.6. The van der Waals surface area contributed by atoms with Crippen molar-refractivity contribution in [3.05, 3.63) is 162 Å². The van der Waals surface area contributed by atoms with Gasteiger partial charge in [-0.25, -0.2) is 0 Å². The van der Waals surface area contributed by atoms with Gasteiger partial charge in [-0.1, -0.05) is 157 Å². The standard InChI is InChI=1S/C96H132N24O21S/c1-50(2)39-66-86(133)117-79(52(5)6)92(139)115-72(47-121)88(135)116-73(89(136)106-53(7)80(98)127)48-142-49-76(124)107-70(44-75(97)123)84(131)111-67(41-57-31-35-61(122)36-32-57)83(130)113-71(45-77(125)126)85(132)112-69(43-60-46-105-63-26-18-17-25-62(60)63)87(134)118-78(51(3)4)91(138)114-68(40-56-29-33-59(34-30-56)58-23-15-12-16-24-58)82(129)109-65(28-20-38-104-96(101)102)94(141)119(9)54(8)93(140)120(10)74(42-55-21-13-11-14-22-55)90(137)108-64(81(128)110-66)27-19-37-103-95(99)100/h11-18,21-26,29-36,46,50-54,64-74,78-79,105,121-122H,19-20,27-28,37-45,47-49H2,1-10H3,(H2,97,123)(H2,98,127)(H,106,136)(H,107,124)(H,108,137)(H,109,129)(H,110,128)(H,111,131)(H,112,132)(H,113,130)(H,114,138)(H,115,139)(H,116,135)(H,117,133)(H,118,134)(H,125,126)(H4,99,100,103)(H4,101,102,104)/t53-,54-,64-,65-,66-,67-,68-,69-,70-,71-,72-,73-,74-,78-,79-/m0/s1. The Morgan fingerprint density at radius 2 is 0.901 bits per heavy atom. The van der Waals surface area contributed by atoms with E-state index in [1.807, 2.05) is 30.3 Å². The largest absolute Gasteiger partial charge is 0.508 e. The molecule has 0 bridgehead atoms. The van der Waals surface area contributed by atoms with E-state index in [-0.39, 0.29) is 75.3 Å². The number of aromatic nitrogens is 1. The molecule has 29 N–H and O–H groups in total. The number of fused-ring (bicyclic) bond motifs is 1. The number of carbonyl (C=O) groups is 18. The number of phenols is 1. The van der Waals surface area contributed by atoms with Crippen LogP contribution in [0.5, 0.6) is 5.75 Å². The SMILES string of the molecule is CC(C)C[C@@H]1NC(=O)[C@H](CCCNC(=N)N)NC(=O)[C@H](Cc2ccccc2)N(C)C(=O)[C@H](C)N(C)C(=O)[C@H](CCCNC(=N)N)NC(=O)[C@H](Cc2ccc(-c3ccccc3)cc2)NC(=O)[C@H](C(C)C)NC(=O)[C@H](Cc2c[nH]c3ccccc23)NC(=O)[C@H](CC(=O)O)NC(=O)[C@H](Cc2ccc(O)cc2)NC(=O)[C@H](CC(N)=O)NC(=O)CSC[C@@H](C(=O)N[C@@H](C)C(N)=O)NC(=O)[C@H](CO)NC(=O)[C@H](C(C)C)NC1=O. The van der Waals surface area contributed by atoms with Crippen LogP contribution in [0.3, 0.4) is 0 Å². The lowest BCUT2D eigenvalue weighted by atomic mass is 9.98. The molecule has 1 saturated heterocycles. The van der Waals surface area contributed by atoms with Crippen molar-refractivity contribution < 1.29 is 102 Å². The number of nitrogens with two attached hydrogens (primary N) is 4. The summed E-state index contributed by atoms with van der Waals surface area (Å²) in [5, 5.41) is 86.2. The van der Waals surface area contributed by atoms with Crippen LogP contribution in [0, 0.1) is 28.6 Å². The number of likely N-dealkylation sites (N-methyl/N-ethyl adjacent to an activating group) is 2. The van der Waals surface area contributed by atoms with Gasteiger partial charge in [-0.05, 0) is 115 Å². The highest BCUT2D eigenvalue weighted by molar-refractivity contribution is 8.00. The summed E-state index contributed by atoms with van der Waals surface area (Å²) in [6.45, 7) is 10.9. The molecule has 142 heavy (non-hydrogen) atoms. The second-order valence-corrected chi connectivity index (χ2v) is 36.8. The first kappa shape index (κ1) is 114. The van der Waals surface area contributed by atoms with Crippen molar-refractivity contribution in [1.82, 2.24) is 94.5 Å². The molecule has 1 aliphatic rings. The number of guanidine groups is 2. The maximum atomic E-state index is 15.6. The number of nitrogens with one attached hydrogen (secondary N) is 18. The number of primary amides is 2. The number of carbonyl (C=O) groups excluding carboxylic acids is 17. The third-order valence-corrected chi connectivity index (χ3v) is 24.5. The average molecular weight is 1990 g/mol. The first-order valence-corrected chi connectivity index (χ1v) is 47.5. The van der Waals surface area contributed by atoms with Crippen molar-refractivity contribution in [1.29, 1.82) is 10.8 Å². The fourth-order valence-electron chi connectivity index (χ4n) is 15.4. The smallest absolute Gasteiger partial charge is 0.305 e. The fourth-order valence-corrected chi connectivity index (χ4v) is 16.2. The van der Waals surface area contributed by atoms with E-state index in [4.69, 9.17) is 33.8 Å². The fraction of sp³-hybridized carbons (Fsp3) is 0.458. The summed E-state index contributed by atoms with van der Waals surface area (Å²) in [5.74, 6) is -24.5. The lowest BCUT2D eigenvalue weighted by molar-refractivity contribution is -0.148. The predicted octanol–water partition coefficient (Wildman–Crippen LogP) is -2.73. The van der Waals surface area contributed by atoms with Crippen LogP contribution in [0.25, 0.3) is 22.0 Å². The highest BCUT2D eigenvalue weighted by Gasteiger charge is 2.42. The number of H-pyrrole nitrogens is 1. The summed E-state index contributed by atoms with van der Waals surface area (Å²) in [6, 6.07) is 11.2. The quantitative estimate of drug-likeness (QED) is 0.0129. The first-order chi connectivity index (χ1) is 67.2. The molecule has 7 rings (SSSR count). The van der Waals surface area contributed by atoms with Crippen molar-refractivity contribution in [2.75, 3.05) is 45.3 Å². The number of aliphatic hydroxyl groups excluding tert-OH is 1. The Balaban J connectivity index is 1.36. The maximum Gasteiger partial charge on any atom is 0.305 e. The molecule has 46 heteroatoms. The van der Waals surface area contributed by atoms with Crippen LogP contribution in [0.1, 0.15) is 123 Å². The number of aromatic amines is 1. The third-order valence-electron chi connectivity index (χ3n) is 23.4. The van der Waals surface area contributed by atoms with E-state index in [9.17, 15) is 58.5 Å². The van der Waals surface area contributed by atoms with Gasteiger partial charge in [-0.3, -0.25) is 97.1 Å². The van der Waals surface area contributed by atoms with Gasteiger partial charge < -0.3 is 133 Å². The summed E-state index contributed by atoms with van der Waals surface area (Å²) in [5.41, 5.74) is 26.2. The molecule has 0 saturated carbocycles. The molecule has 0 unspecified atom stereocenters. The average Bonchev–Trinajstić information content (AvgIpc) is 1.58. The zero-order valence-electron chi connectivity index (χ0n) is 80.8. The summed E-state index contributed by atoms with van der Waals surface area (Å²) in [6.07, 6.45) is -2.61. The Labute approximate surface area is 825 Å². The minimum Gasteiger partial charge on any atom is -0.508 e. The molecule has 45 nitrogen and oxygen atoms in total. The van der Waals surface area contributed by atoms with Crippen molar-refractivity contribution in [2.24, 2.45) is 40.7 Å². The number of aliphatic carboxylic acids is 1. The zero-order chi connectivity index (χ0) is 105. The van der Waals surface area contributed by atoms with E-state index < -0.39 is 265 Å². The first-order valence-electron chi connectivity index (χ1n) is 46.3. The van der Waals surface area contributed by atoms with E-state index in [2.05, 4.69) is 84.7 Å². The lowest BCUT2D eigenvalue weighted by Crippen LogP contribution is -2.62. The van der Waals surface area contributed by atoms with E-state index in [0.717, 1.165) is 20.9 Å². The minimum absolute atomic E-state index is 0.0166. The number of thioether (sulfide) groups is 1. The molecular weight excluding hydrogens is 1860 g/mol. The number of aromatic hydroxyl groups is 1. The van der Waals surface area contributed by atoms with Crippen molar-refractivity contribution in [3.63, 3.8) is 0 Å². The van der Waals surface area contributed by atoms with E-state index >= 15 is 43.2 Å². The molecule has 1 fully saturated rings. The van der Waals surface area contributed by atoms with Gasteiger partial charge >= 0.3 is 5.97 Å². The molecule has 0 radical (unpaired) electrons. The van der Waals surface area contributed by atoms with Gasteiger partial charge in [-0.15, -0.1) is 11.8 Å². The summed E-state index contributed by atoms with van der Waals surface area (Å²) < 4.78 is 0. The van der Waals surface area contributed by atoms with Crippen LogP contribution in [-0.2, 0) is 112 Å². The van der Waals surface area contributed by atoms with Gasteiger partial charge in [0.15, 0.2) is 11.9 Å². The number of hydrogen-bond donors (Lipinski definition) is 25. The number of nitrogens with zero attached hydrogens (tertiary/aromatic N) is 2. The van der Waals surface area contributed by atoms with E-state index in [1.165, 1.54) is 72.3 Å². The molecule has 0 aliphatic carbocycles.